The highest BCUT2D eigenvalue weighted by Gasteiger charge is 2.08. The van der Waals surface area contributed by atoms with E-state index in [4.69, 9.17) is 17.3 Å². The Morgan fingerprint density at radius 1 is 1.60 bits per heavy atom. The van der Waals surface area contributed by atoms with E-state index in [0.717, 1.165) is 5.69 Å². The maximum Gasteiger partial charge on any atom is 0.239 e. The molecule has 1 aromatic carbocycles. The molecule has 5 heteroatoms. The van der Waals surface area contributed by atoms with Crippen LogP contribution >= 0.6 is 11.6 Å². The summed E-state index contributed by atoms with van der Waals surface area (Å²) < 4.78 is 0. The topological polar surface area (TPSA) is 58.4 Å². The van der Waals surface area contributed by atoms with Crippen molar-refractivity contribution in [3.8, 4) is 0 Å². The molecule has 3 N–H and O–H groups in total. The second-order valence-electron chi connectivity index (χ2n) is 3.23. The fourth-order valence-corrected chi connectivity index (χ4v) is 1.43. The first kappa shape index (κ1) is 11.7. The van der Waals surface area contributed by atoms with E-state index in [1.165, 1.54) is 0 Å². The van der Waals surface area contributed by atoms with Gasteiger partial charge in [-0.05, 0) is 18.2 Å². The summed E-state index contributed by atoms with van der Waals surface area (Å²) in [6.07, 6.45) is 0. The van der Waals surface area contributed by atoms with Crippen molar-refractivity contribution in [2.75, 3.05) is 31.3 Å². The smallest absolute Gasteiger partial charge is 0.239 e. The number of nitrogens with zero attached hydrogens (tertiary/aromatic N) is 1. The number of benzene rings is 1. The lowest BCUT2D eigenvalue weighted by Gasteiger charge is -2.20. The van der Waals surface area contributed by atoms with Gasteiger partial charge in [0.2, 0.25) is 5.91 Å². The molecule has 0 bridgehead atoms. The molecule has 0 aromatic heterocycles. The van der Waals surface area contributed by atoms with Crippen LogP contribution < -0.4 is 16.0 Å². The van der Waals surface area contributed by atoms with E-state index in [0.29, 0.717) is 10.7 Å². The van der Waals surface area contributed by atoms with Crippen molar-refractivity contribution >= 4 is 28.9 Å². The van der Waals surface area contributed by atoms with Crippen LogP contribution in [0.25, 0.3) is 0 Å². The monoisotopic (exact) mass is 227 g/mol. The molecule has 0 spiro atoms. The zero-order chi connectivity index (χ0) is 11.4. The van der Waals surface area contributed by atoms with Gasteiger partial charge < -0.3 is 16.0 Å². The Labute approximate surface area is 94.0 Å². The van der Waals surface area contributed by atoms with E-state index in [2.05, 4.69) is 5.32 Å². The lowest BCUT2D eigenvalue weighted by atomic mass is 10.2. The number of likely N-dealkylation sites (N-methyl/N-ethyl adjacent to an activating group) is 2. The van der Waals surface area contributed by atoms with Gasteiger partial charge in [0.25, 0.3) is 0 Å². The number of hydrogen-bond acceptors (Lipinski definition) is 3. The van der Waals surface area contributed by atoms with Gasteiger partial charge in [0.1, 0.15) is 0 Å². The summed E-state index contributed by atoms with van der Waals surface area (Å²) in [5, 5.41) is 3.14. The maximum absolute atomic E-state index is 11.2. The van der Waals surface area contributed by atoms with Gasteiger partial charge in [-0.2, -0.15) is 0 Å². The van der Waals surface area contributed by atoms with Gasteiger partial charge in [0.05, 0.1) is 17.9 Å². The van der Waals surface area contributed by atoms with Crippen LogP contribution in [0, 0.1) is 0 Å². The molecule has 0 aliphatic carbocycles. The van der Waals surface area contributed by atoms with Crippen LogP contribution in [0.15, 0.2) is 18.2 Å². The molecule has 0 aliphatic rings. The molecule has 0 atom stereocenters. The molecular formula is C10H14ClN3O. The Hall–Kier alpha value is -1.42. The zero-order valence-electron chi connectivity index (χ0n) is 8.75. The van der Waals surface area contributed by atoms with Crippen molar-refractivity contribution in [2.45, 2.75) is 0 Å². The zero-order valence-corrected chi connectivity index (χ0v) is 9.51. The molecule has 0 radical (unpaired) electrons. The predicted octanol–water partition coefficient (Wildman–Crippen LogP) is 1.10. The maximum atomic E-state index is 11.2. The number of hydrogen-bond donors (Lipinski definition) is 2. The van der Waals surface area contributed by atoms with Crippen molar-refractivity contribution in [3.05, 3.63) is 23.2 Å². The molecule has 0 unspecified atom stereocenters. The lowest BCUT2D eigenvalue weighted by molar-refractivity contribution is -0.119. The van der Waals surface area contributed by atoms with E-state index in [-0.39, 0.29) is 12.5 Å². The average molecular weight is 228 g/mol. The molecule has 1 aromatic rings. The number of carbonyl (C=O) groups is 1. The van der Waals surface area contributed by atoms with E-state index in [9.17, 15) is 4.79 Å². The van der Waals surface area contributed by atoms with Gasteiger partial charge in [0, 0.05) is 19.1 Å². The van der Waals surface area contributed by atoms with Crippen molar-refractivity contribution in [1.29, 1.82) is 0 Å². The number of nitrogens with one attached hydrogen (secondary N) is 1. The highest BCUT2D eigenvalue weighted by atomic mass is 35.5. The second kappa shape index (κ2) is 4.89. The van der Waals surface area contributed by atoms with Gasteiger partial charge in [-0.1, -0.05) is 11.6 Å². The highest BCUT2D eigenvalue weighted by molar-refractivity contribution is 6.31. The van der Waals surface area contributed by atoms with Gasteiger partial charge in [0.15, 0.2) is 0 Å². The molecule has 1 amide bonds. The molecule has 82 valence electrons. The second-order valence-corrected chi connectivity index (χ2v) is 3.67. The summed E-state index contributed by atoms with van der Waals surface area (Å²) in [5.74, 6) is -0.0631. The molecule has 0 saturated carbocycles. The summed E-state index contributed by atoms with van der Waals surface area (Å²) in [6.45, 7) is 0.266. The standard InChI is InChI=1S/C10H14ClN3O/c1-13-10(15)6-14(2)9-4-3-7(11)5-8(9)12/h3-5H,6,12H2,1-2H3,(H,13,15). The first-order valence-electron chi connectivity index (χ1n) is 4.51. The minimum absolute atomic E-state index is 0.0631. The quantitative estimate of drug-likeness (QED) is 0.761. The largest absolute Gasteiger partial charge is 0.397 e. The Kier molecular flexibility index (Phi) is 3.80. The molecule has 0 aliphatic heterocycles. The number of halogens is 1. The SMILES string of the molecule is CNC(=O)CN(C)c1ccc(Cl)cc1N. The van der Waals surface area contributed by atoms with E-state index in [1.54, 1.807) is 37.2 Å². The Morgan fingerprint density at radius 3 is 2.80 bits per heavy atom. The number of rotatable bonds is 3. The van der Waals surface area contributed by atoms with E-state index in [1.807, 2.05) is 0 Å². The summed E-state index contributed by atoms with van der Waals surface area (Å²) in [6, 6.07) is 5.20. The Morgan fingerprint density at radius 2 is 2.27 bits per heavy atom. The minimum Gasteiger partial charge on any atom is -0.397 e. The van der Waals surface area contributed by atoms with Crippen molar-refractivity contribution in [2.24, 2.45) is 0 Å². The normalized spacial score (nSPS) is 9.80. The van der Waals surface area contributed by atoms with E-state index >= 15 is 0 Å². The first-order chi connectivity index (χ1) is 7.04. The molecule has 15 heavy (non-hydrogen) atoms. The van der Waals surface area contributed by atoms with Gasteiger partial charge >= 0.3 is 0 Å². The van der Waals surface area contributed by atoms with Gasteiger partial charge in [-0.3, -0.25) is 4.79 Å². The fourth-order valence-electron chi connectivity index (χ4n) is 1.25. The summed E-state index contributed by atoms with van der Waals surface area (Å²) in [4.78, 5) is 12.9. The lowest BCUT2D eigenvalue weighted by Crippen LogP contribution is -2.33. The molecule has 4 nitrogen and oxygen atoms in total. The molecule has 0 saturated heterocycles. The molecule has 0 fully saturated rings. The molecule has 1 rings (SSSR count). The third kappa shape index (κ3) is 3.02. The first-order valence-corrected chi connectivity index (χ1v) is 4.89. The number of carbonyl (C=O) groups excluding carboxylic acids is 1. The summed E-state index contributed by atoms with van der Waals surface area (Å²) >= 11 is 5.78. The number of amides is 1. The van der Waals surface area contributed by atoms with Gasteiger partial charge in [-0.15, -0.1) is 0 Å². The van der Waals surface area contributed by atoms with Crippen molar-refractivity contribution < 1.29 is 4.79 Å². The highest BCUT2D eigenvalue weighted by Crippen LogP contribution is 2.25. The minimum atomic E-state index is -0.0631. The van der Waals surface area contributed by atoms with Crippen LogP contribution in [0.5, 0.6) is 0 Å². The number of nitrogen functional groups attached to an aromatic ring is 1. The van der Waals surface area contributed by atoms with Crippen LogP contribution in [0.4, 0.5) is 11.4 Å². The average Bonchev–Trinajstić information content (AvgIpc) is 2.17. The number of anilines is 2. The van der Waals surface area contributed by atoms with Crippen LogP contribution in [0.3, 0.4) is 0 Å². The van der Waals surface area contributed by atoms with Crippen LogP contribution in [-0.2, 0) is 4.79 Å². The van der Waals surface area contributed by atoms with E-state index < -0.39 is 0 Å². The molecule has 0 heterocycles. The van der Waals surface area contributed by atoms with Crippen molar-refractivity contribution in [3.63, 3.8) is 0 Å². The summed E-state index contributed by atoms with van der Waals surface area (Å²) in [5.41, 5.74) is 7.14. The predicted molar refractivity (Wildman–Crippen MR) is 63.2 cm³/mol. The Balaban J connectivity index is 2.82. The summed E-state index contributed by atoms with van der Waals surface area (Å²) in [7, 11) is 3.40. The van der Waals surface area contributed by atoms with Crippen LogP contribution in [0.2, 0.25) is 5.02 Å². The Bertz CT molecular complexity index is 368. The van der Waals surface area contributed by atoms with Crippen LogP contribution in [-0.4, -0.2) is 26.5 Å². The van der Waals surface area contributed by atoms with Gasteiger partial charge in [-0.25, -0.2) is 0 Å². The van der Waals surface area contributed by atoms with Crippen LogP contribution in [0.1, 0.15) is 0 Å². The third-order valence-electron chi connectivity index (χ3n) is 2.06. The van der Waals surface area contributed by atoms with Crippen molar-refractivity contribution in [1.82, 2.24) is 5.32 Å². The number of nitrogens with two attached hydrogens (primary N) is 1. The fraction of sp³-hybridized carbons (Fsp3) is 0.300. The molecular weight excluding hydrogens is 214 g/mol. The third-order valence-corrected chi connectivity index (χ3v) is 2.30.